The quantitative estimate of drug-likeness (QED) is 0.597. The highest BCUT2D eigenvalue weighted by molar-refractivity contribution is 9.13. The third-order valence-electron chi connectivity index (χ3n) is 2.27. The zero-order chi connectivity index (χ0) is 13.2. The summed E-state index contributed by atoms with van der Waals surface area (Å²) in [4.78, 5) is 23.2. The maximum Gasteiger partial charge on any atom is 0.221 e. The lowest BCUT2D eigenvalue weighted by atomic mass is 9.98. The molecule has 0 aliphatic rings. The molecule has 1 atom stereocenters. The number of alkyl halides is 1. The molecule has 1 unspecified atom stereocenters. The van der Waals surface area contributed by atoms with E-state index in [0.717, 1.165) is 0 Å². The maximum atomic E-state index is 13.7. The van der Waals surface area contributed by atoms with Crippen LogP contribution in [0, 0.1) is 5.92 Å². The molecule has 0 N–H and O–H groups in total. The Morgan fingerprint density at radius 2 is 1.82 bits per heavy atom. The van der Waals surface area contributed by atoms with Crippen LogP contribution < -0.4 is 0 Å². The van der Waals surface area contributed by atoms with E-state index in [2.05, 4.69) is 31.9 Å². The Hall–Kier alpha value is -0.550. The van der Waals surface area contributed by atoms with E-state index in [-0.39, 0.29) is 5.56 Å². The fraction of sp³-hybridized carbons (Fsp3) is 0.333. The Balaban J connectivity index is 3.05. The zero-order valence-electron chi connectivity index (χ0n) is 9.34. The summed E-state index contributed by atoms with van der Waals surface area (Å²) in [6.07, 6.45) is -2.10. The lowest BCUT2D eigenvalue weighted by Crippen LogP contribution is -2.29. The predicted molar refractivity (Wildman–Crippen MR) is 70.9 cm³/mol. The van der Waals surface area contributed by atoms with Crippen molar-refractivity contribution in [3.8, 4) is 0 Å². The third-order valence-corrected chi connectivity index (χ3v) is 4.31. The van der Waals surface area contributed by atoms with E-state index < -0.39 is 23.7 Å². The van der Waals surface area contributed by atoms with E-state index in [1.807, 2.05) is 0 Å². The lowest BCUT2D eigenvalue weighted by molar-refractivity contribution is -0.125. The summed E-state index contributed by atoms with van der Waals surface area (Å²) in [6.45, 7) is 3.14. The number of hydrogen-bond acceptors (Lipinski definition) is 2. The average molecular weight is 366 g/mol. The molecule has 0 fully saturated rings. The monoisotopic (exact) mass is 364 g/mol. The van der Waals surface area contributed by atoms with Crippen molar-refractivity contribution in [3.63, 3.8) is 0 Å². The highest BCUT2D eigenvalue weighted by atomic mass is 79.9. The Bertz CT molecular complexity index is 458. The van der Waals surface area contributed by atoms with Gasteiger partial charge in [-0.1, -0.05) is 26.0 Å². The standard InChI is InChI=1S/C12H11Br2FO2/c1-6(2)11(16)10(15)12(17)7-4-3-5-8(13)9(7)14/h3-6,10H,1-2H3. The molecule has 92 valence electrons. The van der Waals surface area contributed by atoms with E-state index >= 15 is 0 Å². The number of ketones is 2. The van der Waals surface area contributed by atoms with Gasteiger partial charge in [-0.15, -0.1) is 0 Å². The number of benzene rings is 1. The highest BCUT2D eigenvalue weighted by Gasteiger charge is 2.30. The van der Waals surface area contributed by atoms with Crippen LogP contribution in [0.4, 0.5) is 4.39 Å². The summed E-state index contributed by atoms with van der Waals surface area (Å²) in [7, 11) is 0. The first-order chi connectivity index (χ1) is 7.86. The molecular weight excluding hydrogens is 355 g/mol. The number of carbonyl (C=O) groups excluding carboxylic acids is 2. The van der Waals surface area contributed by atoms with Gasteiger partial charge in [-0.2, -0.15) is 0 Å². The summed E-state index contributed by atoms with van der Waals surface area (Å²) >= 11 is 6.41. The van der Waals surface area contributed by atoms with Crippen LogP contribution in [-0.4, -0.2) is 17.7 Å². The van der Waals surface area contributed by atoms with Crippen LogP contribution in [0.2, 0.25) is 0 Å². The van der Waals surface area contributed by atoms with Crippen LogP contribution in [0.25, 0.3) is 0 Å². The molecule has 0 bridgehead atoms. The second-order valence-electron chi connectivity index (χ2n) is 3.89. The smallest absolute Gasteiger partial charge is 0.221 e. The van der Waals surface area contributed by atoms with E-state index in [1.54, 1.807) is 26.0 Å². The fourth-order valence-electron chi connectivity index (χ4n) is 1.25. The largest absolute Gasteiger partial charge is 0.296 e. The Kier molecular flexibility index (Phi) is 5.01. The van der Waals surface area contributed by atoms with Crippen LogP contribution in [0.1, 0.15) is 24.2 Å². The van der Waals surface area contributed by atoms with Gasteiger partial charge in [-0.25, -0.2) is 4.39 Å². The maximum absolute atomic E-state index is 13.7. The molecule has 0 saturated heterocycles. The molecule has 0 heterocycles. The Morgan fingerprint density at radius 3 is 2.35 bits per heavy atom. The second kappa shape index (κ2) is 5.87. The topological polar surface area (TPSA) is 34.1 Å². The van der Waals surface area contributed by atoms with E-state index in [1.165, 1.54) is 6.07 Å². The van der Waals surface area contributed by atoms with Crippen LogP contribution in [0.5, 0.6) is 0 Å². The summed E-state index contributed by atoms with van der Waals surface area (Å²) in [6, 6.07) is 4.82. The minimum atomic E-state index is -2.10. The number of rotatable bonds is 4. The van der Waals surface area contributed by atoms with Gasteiger partial charge in [0.15, 0.2) is 5.78 Å². The molecule has 0 saturated carbocycles. The molecule has 0 aromatic heterocycles. The first-order valence-electron chi connectivity index (χ1n) is 5.02. The predicted octanol–water partition coefficient (Wildman–Crippen LogP) is 3.96. The molecule has 2 nitrogen and oxygen atoms in total. The molecular formula is C12H11Br2FO2. The van der Waals surface area contributed by atoms with Crippen molar-refractivity contribution in [2.24, 2.45) is 5.92 Å². The van der Waals surface area contributed by atoms with Gasteiger partial charge < -0.3 is 0 Å². The summed E-state index contributed by atoms with van der Waals surface area (Å²) in [5.74, 6) is -2.00. The van der Waals surface area contributed by atoms with Gasteiger partial charge >= 0.3 is 0 Å². The van der Waals surface area contributed by atoms with E-state index in [9.17, 15) is 14.0 Å². The fourth-order valence-corrected chi connectivity index (χ4v) is 2.08. The van der Waals surface area contributed by atoms with Gasteiger partial charge in [0.25, 0.3) is 0 Å². The lowest BCUT2D eigenvalue weighted by Gasteiger charge is -2.10. The van der Waals surface area contributed by atoms with Crippen molar-refractivity contribution in [2.45, 2.75) is 20.0 Å². The normalized spacial score (nSPS) is 12.6. The van der Waals surface area contributed by atoms with Crippen molar-refractivity contribution >= 4 is 43.4 Å². The van der Waals surface area contributed by atoms with Crippen molar-refractivity contribution in [1.29, 1.82) is 0 Å². The highest BCUT2D eigenvalue weighted by Crippen LogP contribution is 2.28. The summed E-state index contributed by atoms with van der Waals surface area (Å²) in [5, 5.41) is 0. The van der Waals surface area contributed by atoms with Gasteiger partial charge in [-0.3, -0.25) is 9.59 Å². The zero-order valence-corrected chi connectivity index (χ0v) is 12.5. The first kappa shape index (κ1) is 14.5. The van der Waals surface area contributed by atoms with Crippen LogP contribution in [-0.2, 0) is 4.79 Å². The van der Waals surface area contributed by atoms with Gasteiger partial charge in [-0.05, 0) is 37.9 Å². The van der Waals surface area contributed by atoms with E-state index in [0.29, 0.717) is 8.95 Å². The molecule has 0 spiro atoms. The molecule has 0 aliphatic carbocycles. The molecule has 0 amide bonds. The van der Waals surface area contributed by atoms with Crippen molar-refractivity contribution < 1.29 is 14.0 Å². The Labute approximate surface area is 116 Å². The third kappa shape index (κ3) is 3.22. The average Bonchev–Trinajstić information content (AvgIpc) is 2.29. The SMILES string of the molecule is CC(C)C(=O)C(F)C(=O)c1cccc(Br)c1Br. The van der Waals surface area contributed by atoms with Gasteiger partial charge in [0.1, 0.15) is 0 Å². The van der Waals surface area contributed by atoms with E-state index in [4.69, 9.17) is 0 Å². The molecule has 5 heteroatoms. The minimum absolute atomic E-state index is 0.167. The Morgan fingerprint density at radius 1 is 1.24 bits per heavy atom. The molecule has 17 heavy (non-hydrogen) atoms. The van der Waals surface area contributed by atoms with Crippen molar-refractivity contribution in [1.82, 2.24) is 0 Å². The molecule has 0 aliphatic heterocycles. The van der Waals surface area contributed by atoms with Gasteiger partial charge in [0.05, 0.1) is 0 Å². The number of halogens is 3. The number of Topliss-reactive ketones (excluding diaryl/α,β-unsaturated/α-hetero) is 2. The van der Waals surface area contributed by atoms with Crippen LogP contribution in [0.3, 0.4) is 0 Å². The van der Waals surface area contributed by atoms with Gasteiger partial charge in [0, 0.05) is 20.4 Å². The molecule has 0 radical (unpaired) electrons. The molecule has 1 aromatic rings. The number of carbonyl (C=O) groups is 2. The van der Waals surface area contributed by atoms with Crippen molar-refractivity contribution in [2.75, 3.05) is 0 Å². The molecule has 1 rings (SSSR count). The second-order valence-corrected chi connectivity index (χ2v) is 5.53. The summed E-state index contributed by atoms with van der Waals surface area (Å²) < 4.78 is 14.8. The van der Waals surface area contributed by atoms with Crippen molar-refractivity contribution in [3.05, 3.63) is 32.7 Å². The minimum Gasteiger partial charge on any atom is -0.296 e. The van der Waals surface area contributed by atoms with Gasteiger partial charge in [0.2, 0.25) is 12.0 Å². The first-order valence-corrected chi connectivity index (χ1v) is 6.61. The summed E-state index contributed by atoms with van der Waals surface area (Å²) in [5.41, 5.74) is 0.167. The van der Waals surface area contributed by atoms with Crippen LogP contribution in [0.15, 0.2) is 27.1 Å². The van der Waals surface area contributed by atoms with Crippen LogP contribution >= 0.6 is 31.9 Å². The number of hydrogen-bond donors (Lipinski definition) is 0. The molecule has 1 aromatic carbocycles.